The van der Waals surface area contributed by atoms with Crippen LogP contribution in [-0.4, -0.2) is 16.8 Å². The van der Waals surface area contributed by atoms with E-state index in [2.05, 4.69) is 15.8 Å². The van der Waals surface area contributed by atoms with Gasteiger partial charge >= 0.3 is 0 Å². The molecule has 0 saturated heterocycles. The van der Waals surface area contributed by atoms with Gasteiger partial charge in [0.25, 0.3) is 11.8 Å². The van der Waals surface area contributed by atoms with Crippen LogP contribution in [0.1, 0.15) is 36.9 Å². The van der Waals surface area contributed by atoms with Gasteiger partial charge in [-0.25, -0.2) is 4.98 Å². The molecule has 1 aromatic carbocycles. The zero-order valence-electron chi connectivity index (χ0n) is 14.0. The smallest absolute Gasteiger partial charge is 0.267 e. The highest BCUT2D eigenvalue weighted by atomic mass is 32.1. The minimum atomic E-state index is -0.366. The number of carbonyl (C=O) groups excluding carboxylic acids is 2. The van der Waals surface area contributed by atoms with E-state index in [1.165, 1.54) is 11.3 Å². The van der Waals surface area contributed by atoms with Gasteiger partial charge in [-0.2, -0.15) is 11.3 Å². The van der Waals surface area contributed by atoms with Crippen LogP contribution in [0.25, 0.3) is 10.6 Å². The van der Waals surface area contributed by atoms with E-state index in [0.29, 0.717) is 16.1 Å². The Balaban J connectivity index is 1.69. The summed E-state index contributed by atoms with van der Waals surface area (Å²) in [5.74, 6) is -0.708. The van der Waals surface area contributed by atoms with Crippen molar-refractivity contribution in [3.63, 3.8) is 0 Å². The molecule has 0 fully saturated rings. The molecule has 0 aliphatic rings. The minimum Gasteiger partial charge on any atom is -0.267 e. The van der Waals surface area contributed by atoms with Crippen LogP contribution in [0.15, 0.2) is 35.0 Å². The molecule has 0 bridgehead atoms. The predicted molar refractivity (Wildman–Crippen MR) is 101 cm³/mol. The van der Waals surface area contributed by atoms with Crippen LogP contribution in [0.2, 0.25) is 0 Å². The molecule has 0 aliphatic carbocycles. The Morgan fingerprint density at radius 1 is 1.04 bits per heavy atom. The van der Waals surface area contributed by atoms with Gasteiger partial charge in [0.2, 0.25) is 0 Å². The molecule has 2 N–H and O–H groups in total. The van der Waals surface area contributed by atoms with Gasteiger partial charge in [-0.3, -0.25) is 20.4 Å². The molecule has 7 heteroatoms. The molecular formula is C18H17N3O2S2. The lowest BCUT2D eigenvalue weighted by molar-refractivity contribution is 0.0848. The number of thiophene rings is 1. The first-order valence-corrected chi connectivity index (χ1v) is 9.39. The average molecular weight is 371 g/mol. The molecule has 0 radical (unpaired) electrons. The summed E-state index contributed by atoms with van der Waals surface area (Å²) in [5, 5.41) is 4.75. The molecule has 2 aromatic heterocycles. The molecular weight excluding hydrogens is 354 g/mol. The third-order valence-corrected chi connectivity index (χ3v) is 5.58. The van der Waals surface area contributed by atoms with E-state index in [4.69, 9.17) is 0 Å². The Bertz CT molecular complexity index is 930. The van der Waals surface area contributed by atoms with Crippen LogP contribution in [0.3, 0.4) is 0 Å². The lowest BCUT2D eigenvalue weighted by Gasteiger charge is -2.09. The molecule has 0 atom stereocenters. The molecule has 5 nitrogen and oxygen atoms in total. The third kappa shape index (κ3) is 3.78. The highest BCUT2D eigenvalue weighted by molar-refractivity contribution is 7.17. The number of benzene rings is 1. The number of rotatable bonds is 3. The fraction of sp³-hybridized carbons (Fsp3) is 0.167. The van der Waals surface area contributed by atoms with Crippen molar-refractivity contribution >= 4 is 34.5 Å². The van der Waals surface area contributed by atoms with Crippen LogP contribution in [-0.2, 0) is 0 Å². The van der Waals surface area contributed by atoms with Crippen molar-refractivity contribution in [3.8, 4) is 10.6 Å². The summed E-state index contributed by atoms with van der Waals surface area (Å²) in [4.78, 5) is 29.5. The van der Waals surface area contributed by atoms with Crippen LogP contribution in [0, 0.1) is 20.8 Å². The number of nitrogens with zero attached hydrogens (tertiary/aromatic N) is 1. The van der Waals surface area contributed by atoms with E-state index in [0.717, 1.165) is 21.7 Å². The Kier molecular flexibility index (Phi) is 4.96. The fourth-order valence-corrected chi connectivity index (χ4v) is 4.10. The predicted octanol–water partition coefficient (Wildman–Crippen LogP) is 3.87. The Morgan fingerprint density at radius 3 is 2.48 bits per heavy atom. The van der Waals surface area contributed by atoms with E-state index in [1.807, 2.05) is 42.8 Å². The maximum absolute atomic E-state index is 12.4. The minimum absolute atomic E-state index is 0.342. The molecule has 3 aromatic rings. The van der Waals surface area contributed by atoms with E-state index < -0.39 is 0 Å². The monoisotopic (exact) mass is 371 g/mol. The standard InChI is InChI=1S/C18H17N3O2S2/c1-10-4-5-14(11(2)8-10)16(22)20-21-17(23)15-12(3)19-18(25-15)13-6-7-24-9-13/h4-9H,1-3H3,(H,20,22)(H,21,23). The van der Waals surface area contributed by atoms with Gasteiger partial charge in [-0.1, -0.05) is 17.7 Å². The second-order valence-corrected chi connectivity index (χ2v) is 7.45. The van der Waals surface area contributed by atoms with E-state index in [1.54, 1.807) is 24.3 Å². The largest absolute Gasteiger partial charge is 0.281 e. The number of hydrogen-bond donors (Lipinski definition) is 2. The fourth-order valence-electron chi connectivity index (χ4n) is 2.42. The molecule has 0 spiro atoms. The van der Waals surface area contributed by atoms with E-state index >= 15 is 0 Å². The first-order valence-electron chi connectivity index (χ1n) is 7.63. The van der Waals surface area contributed by atoms with Gasteiger partial charge in [0.05, 0.1) is 5.69 Å². The highest BCUT2D eigenvalue weighted by Crippen LogP contribution is 2.29. The Labute approximate surface area is 153 Å². The zero-order chi connectivity index (χ0) is 18.0. The molecule has 0 saturated carbocycles. The van der Waals surface area contributed by atoms with Crippen molar-refractivity contribution in [1.82, 2.24) is 15.8 Å². The van der Waals surface area contributed by atoms with Gasteiger partial charge in [0, 0.05) is 16.5 Å². The molecule has 2 heterocycles. The summed E-state index contributed by atoms with van der Waals surface area (Å²) in [6.45, 7) is 5.62. The topological polar surface area (TPSA) is 71.1 Å². The van der Waals surface area contributed by atoms with Gasteiger partial charge in [-0.15, -0.1) is 11.3 Å². The van der Waals surface area contributed by atoms with Crippen molar-refractivity contribution in [2.75, 3.05) is 0 Å². The van der Waals surface area contributed by atoms with Crippen LogP contribution < -0.4 is 10.9 Å². The summed E-state index contributed by atoms with van der Waals surface area (Å²) >= 11 is 2.89. The van der Waals surface area contributed by atoms with Gasteiger partial charge in [-0.05, 0) is 43.8 Å². The number of nitrogens with one attached hydrogen (secondary N) is 2. The first-order chi connectivity index (χ1) is 12.0. The lowest BCUT2D eigenvalue weighted by Crippen LogP contribution is -2.41. The molecule has 128 valence electrons. The molecule has 0 aliphatic heterocycles. The summed E-state index contributed by atoms with van der Waals surface area (Å²) in [5.41, 5.74) is 9.06. The lowest BCUT2D eigenvalue weighted by atomic mass is 10.1. The first kappa shape index (κ1) is 17.3. The van der Waals surface area contributed by atoms with Crippen LogP contribution in [0.4, 0.5) is 0 Å². The van der Waals surface area contributed by atoms with E-state index in [-0.39, 0.29) is 11.8 Å². The van der Waals surface area contributed by atoms with Crippen LogP contribution >= 0.6 is 22.7 Å². The number of hydrazine groups is 1. The summed E-state index contributed by atoms with van der Waals surface area (Å²) in [6, 6.07) is 7.51. The molecule has 0 unspecified atom stereocenters. The second-order valence-electron chi connectivity index (χ2n) is 5.67. The number of hydrogen-bond acceptors (Lipinski definition) is 5. The SMILES string of the molecule is Cc1ccc(C(=O)NNC(=O)c2sc(-c3ccsc3)nc2C)c(C)c1. The van der Waals surface area contributed by atoms with Gasteiger partial charge in [0.1, 0.15) is 9.88 Å². The molecule has 25 heavy (non-hydrogen) atoms. The van der Waals surface area contributed by atoms with Crippen molar-refractivity contribution in [1.29, 1.82) is 0 Å². The summed E-state index contributed by atoms with van der Waals surface area (Å²) < 4.78 is 0. The number of aromatic nitrogens is 1. The molecule has 3 rings (SSSR count). The maximum atomic E-state index is 12.4. The number of amides is 2. The van der Waals surface area contributed by atoms with Crippen molar-refractivity contribution in [3.05, 3.63) is 62.3 Å². The second kappa shape index (κ2) is 7.16. The number of carbonyl (C=O) groups is 2. The summed E-state index contributed by atoms with van der Waals surface area (Å²) in [7, 11) is 0. The number of thiazole rings is 1. The zero-order valence-corrected chi connectivity index (χ0v) is 15.7. The maximum Gasteiger partial charge on any atom is 0.281 e. The number of aryl methyl sites for hydroxylation is 3. The molecule has 2 amide bonds. The average Bonchev–Trinajstić information content (AvgIpc) is 3.21. The van der Waals surface area contributed by atoms with Crippen molar-refractivity contribution in [2.45, 2.75) is 20.8 Å². The van der Waals surface area contributed by atoms with Crippen LogP contribution in [0.5, 0.6) is 0 Å². The van der Waals surface area contributed by atoms with Gasteiger partial charge < -0.3 is 0 Å². The summed E-state index contributed by atoms with van der Waals surface area (Å²) in [6.07, 6.45) is 0. The van der Waals surface area contributed by atoms with Crippen molar-refractivity contribution < 1.29 is 9.59 Å². The Hall–Kier alpha value is -2.51. The quantitative estimate of drug-likeness (QED) is 0.687. The van der Waals surface area contributed by atoms with Gasteiger partial charge in [0.15, 0.2) is 0 Å². The Morgan fingerprint density at radius 2 is 1.80 bits per heavy atom. The third-order valence-electron chi connectivity index (χ3n) is 3.69. The normalized spacial score (nSPS) is 10.5. The highest BCUT2D eigenvalue weighted by Gasteiger charge is 2.17. The van der Waals surface area contributed by atoms with E-state index in [9.17, 15) is 9.59 Å². The van der Waals surface area contributed by atoms with Crippen molar-refractivity contribution in [2.24, 2.45) is 0 Å².